The number of carbonyl (C=O) groups excluding carboxylic acids is 2. The van der Waals surface area contributed by atoms with E-state index in [0.717, 1.165) is 35.2 Å². The van der Waals surface area contributed by atoms with E-state index in [1.807, 2.05) is 7.05 Å². The van der Waals surface area contributed by atoms with Gasteiger partial charge in [0.15, 0.2) is 0 Å². The van der Waals surface area contributed by atoms with Crippen LogP contribution in [0.3, 0.4) is 0 Å². The molecule has 1 aromatic rings. The smallest absolute Gasteiger partial charge is 0.354 e. The van der Waals surface area contributed by atoms with Gasteiger partial charge in [0.25, 0.3) is 0 Å². The lowest BCUT2D eigenvalue weighted by Crippen LogP contribution is -2.48. The summed E-state index contributed by atoms with van der Waals surface area (Å²) in [5.41, 5.74) is 3.26. The Hall–Kier alpha value is -2.50. The molecule has 0 amide bonds. The fraction of sp³-hybridized carbons (Fsp3) is 0.565. The molecule has 4 bridgehead atoms. The van der Waals surface area contributed by atoms with E-state index in [-0.39, 0.29) is 11.1 Å². The van der Waals surface area contributed by atoms with Crippen molar-refractivity contribution < 1.29 is 19.1 Å². The van der Waals surface area contributed by atoms with E-state index < -0.39 is 11.9 Å². The van der Waals surface area contributed by atoms with Crippen LogP contribution in [-0.2, 0) is 24.5 Å². The fourth-order valence-corrected chi connectivity index (χ4v) is 6.24. The number of carbonyl (C=O) groups is 2. The number of benzene rings is 1. The Morgan fingerprint density at radius 2 is 1.62 bits per heavy atom. The van der Waals surface area contributed by atoms with E-state index in [4.69, 9.17) is 4.74 Å². The highest BCUT2D eigenvalue weighted by atomic mass is 16.5. The molecule has 5 rings (SSSR count). The molecule has 0 heterocycles. The molecule has 0 radical (unpaired) electrons. The van der Waals surface area contributed by atoms with E-state index in [9.17, 15) is 9.59 Å². The number of ether oxygens (including phenoxy) is 2. The lowest BCUT2D eigenvalue weighted by Gasteiger charge is -2.57. The van der Waals surface area contributed by atoms with Crippen LogP contribution in [-0.4, -0.2) is 33.2 Å². The Labute approximate surface area is 172 Å². The fourth-order valence-electron chi connectivity index (χ4n) is 6.24. The third kappa shape index (κ3) is 3.72. The van der Waals surface area contributed by atoms with Gasteiger partial charge in [0.1, 0.15) is 5.70 Å². The summed E-state index contributed by atoms with van der Waals surface area (Å²) in [6, 6.07) is 6.43. The number of hydrogen-bond acceptors (Lipinski definition) is 6. The quantitative estimate of drug-likeness (QED) is 0.560. The van der Waals surface area contributed by atoms with Crippen molar-refractivity contribution in [3.8, 4) is 0 Å². The number of rotatable bonds is 6. The van der Waals surface area contributed by atoms with Gasteiger partial charge in [0.05, 0.1) is 31.7 Å². The van der Waals surface area contributed by atoms with Gasteiger partial charge < -0.3 is 20.1 Å². The van der Waals surface area contributed by atoms with Crippen LogP contribution in [0.25, 0.3) is 0 Å². The van der Waals surface area contributed by atoms with Crippen LogP contribution in [0.15, 0.2) is 30.0 Å². The van der Waals surface area contributed by atoms with E-state index in [2.05, 4.69) is 33.6 Å². The number of nitrogens with one attached hydrogen (secondary N) is 2. The van der Waals surface area contributed by atoms with E-state index in [0.29, 0.717) is 0 Å². The summed E-state index contributed by atoms with van der Waals surface area (Å²) >= 11 is 0. The first-order valence-electron chi connectivity index (χ1n) is 10.4. The summed E-state index contributed by atoms with van der Waals surface area (Å²) in [6.45, 7) is 0. The van der Waals surface area contributed by atoms with Gasteiger partial charge in [-0.1, -0.05) is 6.07 Å². The molecule has 29 heavy (non-hydrogen) atoms. The maximum Gasteiger partial charge on any atom is 0.354 e. The number of anilines is 2. The van der Waals surface area contributed by atoms with E-state index in [1.54, 1.807) is 0 Å². The molecule has 0 unspecified atom stereocenters. The number of esters is 2. The van der Waals surface area contributed by atoms with Crippen LogP contribution >= 0.6 is 0 Å². The second kappa shape index (κ2) is 7.73. The Morgan fingerprint density at radius 3 is 2.14 bits per heavy atom. The van der Waals surface area contributed by atoms with Gasteiger partial charge in [-0.05, 0) is 79.4 Å². The molecule has 0 aromatic heterocycles. The van der Waals surface area contributed by atoms with Crippen LogP contribution in [0.1, 0.15) is 44.1 Å². The largest absolute Gasteiger partial charge is 0.466 e. The van der Waals surface area contributed by atoms with Crippen molar-refractivity contribution in [1.82, 2.24) is 0 Å². The molecule has 2 N–H and O–H groups in total. The third-order valence-electron chi connectivity index (χ3n) is 7.08. The zero-order valence-electron chi connectivity index (χ0n) is 17.4. The van der Waals surface area contributed by atoms with Crippen LogP contribution < -0.4 is 10.6 Å². The summed E-state index contributed by atoms with van der Waals surface area (Å²) in [6.07, 6.45) is 9.11. The van der Waals surface area contributed by atoms with Gasteiger partial charge in [0, 0.05) is 7.05 Å². The van der Waals surface area contributed by atoms with Crippen molar-refractivity contribution in [1.29, 1.82) is 0 Å². The second-order valence-corrected chi connectivity index (χ2v) is 8.91. The Balaban J connectivity index is 1.68. The van der Waals surface area contributed by atoms with Crippen LogP contribution in [0.5, 0.6) is 0 Å². The molecule has 1 aromatic carbocycles. The van der Waals surface area contributed by atoms with Gasteiger partial charge >= 0.3 is 11.9 Å². The molecular weight excluding hydrogens is 368 g/mol. The van der Waals surface area contributed by atoms with Gasteiger partial charge in [0.2, 0.25) is 0 Å². The van der Waals surface area contributed by atoms with Crippen molar-refractivity contribution in [3.63, 3.8) is 0 Å². The first-order valence-corrected chi connectivity index (χ1v) is 10.4. The highest BCUT2D eigenvalue weighted by Crippen LogP contribution is 2.61. The molecule has 0 atom stereocenters. The maximum atomic E-state index is 12.2. The highest BCUT2D eigenvalue weighted by Gasteiger charge is 2.51. The SMILES string of the molecule is CNc1ccc(C23CC4CC(CC(C4)C2)C3)cc1N/C(=C/C(=O)OC)C(=O)OC. The minimum Gasteiger partial charge on any atom is -0.466 e. The Bertz CT molecular complexity index is 810. The first kappa shape index (κ1) is 19.8. The minimum absolute atomic E-state index is 0.0542. The zero-order chi connectivity index (χ0) is 20.6. The molecule has 4 aliphatic carbocycles. The molecule has 4 aliphatic rings. The lowest BCUT2D eigenvalue weighted by molar-refractivity contribution is -0.138. The summed E-state index contributed by atoms with van der Waals surface area (Å²) in [7, 11) is 4.41. The first-order chi connectivity index (χ1) is 14.0. The van der Waals surface area contributed by atoms with E-state index in [1.165, 1.54) is 58.3 Å². The second-order valence-electron chi connectivity index (χ2n) is 8.91. The predicted molar refractivity (Wildman–Crippen MR) is 112 cm³/mol. The van der Waals surface area contributed by atoms with Gasteiger partial charge in [-0.2, -0.15) is 0 Å². The molecule has 0 aliphatic heterocycles. The molecule has 6 nitrogen and oxygen atoms in total. The summed E-state index contributed by atoms with van der Waals surface area (Å²) in [4.78, 5) is 23.9. The van der Waals surface area contributed by atoms with Crippen LogP contribution in [0, 0.1) is 17.8 Å². The lowest BCUT2D eigenvalue weighted by atomic mass is 9.48. The van der Waals surface area contributed by atoms with Crippen molar-refractivity contribution in [3.05, 3.63) is 35.5 Å². The number of methoxy groups -OCH3 is 2. The van der Waals surface area contributed by atoms with Crippen LogP contribution in [0.2, 0.25) is 0 Å². The molecule has 0 saturated heterocycles. The molecule has 156 valence electrons. The topological polar surface area (TPSA) is 76.7 Å². The van der Waals surface area contributed by atoms with Crippen LogP contribution in [0.4, 0.5) is 11.4 Å². The summed E-state index contributed by atoms with van der Waals surface area (Å²) in [5, 5.41) is 6.28. The van der Waals surface area contributed by atoms with Crippen molar-refractivity contribution in [2.24, 2.45) is 17.8 Å². The molecule has 4 fully saturated rings. The molecule has 0 spiro atoms. The summed E-state index contributed by atoms with van der Waals surface area (Å²) in [5.74, 6) is 1.34. The average Bonchev–Trinajstić information content (AvgIpc) is 2.71. The van der Waals surface area contributed by atoms with Crippen molar-refractivity contribution in [2.75, 3.05) is 31.9 Å². The average molecular weight is 399 g/mol. The monoisotopic (exact) mass is 398 g/mol. The van der Waals surface area contributed by atoms with Gasteiger partial charge in [-0.3, -0.25) is 0 Å². The molecule has 4 saturated carbocycles. The number of hydrogen-bond donors (Lipinski definition) is 2. The highest BCUT2D eigenvalue weighted by molar-refractivity contribution is 5.99. The van der Waals surface area contributed by atoms with E-state index >= 15 is 0 Å². The Morgan fingerprint density at radius 1 is 1.00 bits per heavy atom. The molecular formula is C23H30N2O4. The van der Waals surface area contributed by atoms with Crippen molar-refractivity contribution in [2.45, 2.75) is 43.9 Å². The standard InChI is InChI=1S/C23H30N2O4/c1-24-18-5-4-17(23-11-14-6-15(12-23)8-16(7-14)13-23)9-19(18)25-20(22(27)29-3)10-21(26)28-2/h4-5,9-10,14-16,24-25H,6-8,11-13H2,1-3H3/b20-10+. The van der Waals surface area contributed by atoms with Crippen molar-refractivity contribution >= 4 is 23.3 Å². The maximum absolute atomic E-state index is 12.2. The summed E-state index contributed by atoms with van der Waals surface area (Å²) < 4.78 is 9.52. The molecule has 6 heteroatoms. The van der Waals surface area contributed by atoms with Gasteiger partial charge in [-0.25, -0.2) is 9.59 Å². The predicted octanol–water partition coefficient (Wildman–Crippen LogP) is 3.84. The normalized spacial score (nSPS) is 30.0. The zero-order valence-corrected chi connectivity index (χ0v) is 17.4. The minimum atomic E-state index is -0.613. The third-order valence-corrected chi connectivity index (χ3v) is 7.08. The van der Waals surface area contributed by atoms with Gasteiger partial charge in [-0.15, -0.1) is 0 Å². The Kier molecular flexibility index (Phi) is 5.28.